The van der Waals surface area contributed by atoms with Crippen LogP contribution in [0.2, 0.25) is 0 Å². The van der Waals surface area contributed by atoms with Crippen LogP contribution in [0.4, 0.5) is 0 Å². The second-order valence-corrected chi connectivity index (χ2v) is 11.8. The van der Waals surface area contributed by atoms with Crippen LogP contribution in [-0.2, 0) is 17.8 Å². The highest BCUT2D eigenvalue weighted by molar-refractivity contribution is 5.96. The van der Waals surface area contributed by atoms with Crippen LogP contribution in [0, 0.1) is 12.8 Å². The average molecular weight is 558 g/mol. The number of pyridine rings is 2. The topological polar surface area (TPSA) is 111 Å². The predicted molar refractivity (Wildman–Crippen MR) is 158 cm³/mol. The van der Waals surface area contributed by atoms with Gasteiger partial charge in [0, 0.05) is 68.9 Å². The van der Waals surface area contributed by atoms with Gasteiger partial charge in [0.05, 0.1) is 18.5 Å². The van der Waals surface area contributed by atoms with Gasteiger partial charge >= 0.3 is 0 Å². The molecule has 2 N–H and O–H groups in total. The molecule has 1 aliphatic carbocycles. The Bertz CT molecular complexity index is 1630. The molecule has 0 bridgehead atoms. The summed E-state index contributed by atoms with van der Waals surface area (Å²) in [6, 6.07) is 9.93. The lowest BCUT2D eigenvalue weighted by atomic mass is 10.1. The van der Waals surface area contributed by atoms with Gasteiger partial charge in [0.25, 0.3) is 5.91 Å². The molecule has 1 saturated carbocycles. The van der Waals surface area contributed by atoms with Gasteiger partial charge in [-0.3, -0.25) is 14.0 Å². The molecular weight excluding hydrogens is 518 g/mol. The third-order valence-corrected chi connectivity index (χ3v) is 8.39. The van der Waals surface area contributed by atoms with Gasteiger partial charge in [-0.05, 0) is 69.2 Å². The molecule has 6 rings (SSSR count). The molecule has 5 heterocycles. The normalized spacial score (nSPS) is 17.4. The summed E-state index contributed by atoms with van der Waals surface area (Å²) in [5.41, 5.74) is 12.0. The van der Waals surface area contributed by atoms with E-state index in [1.54, 1.807) is 32.2 Å². The number of imidazole rings is 1. The second kappa shape index (κ2) is 10.8. The number of piperidine rings is 1. The van der Waals surface area contributed by atoms with Crippen molar-refractivity contribution >= 4 is 28.5 Å². The summed E-state index contributed by atoms with van der Waals surface area (Å²) in [4.78, 5) is 39.1. The van der Waals surface area contributed by atoms with Crippen molar-refractivity contribution in [1.82, 2.24) is 28.7 Å². The number of aromatic nitrogens is 4. The second-order valence-electron chi connectivity index (χ2n) is 11.8. The Morgan fingerprint density at radius 3 is 2.63 bits per heavy atom. The maximum absolute atomic E-state index is 13.4. The molecule has 0 radical (unpaired) electrons. The molecule has 0 spiro atoms. The summed E-state index contributed by atoms with van der Waals surface area (Å²) in [6.45, 7) is 4.17. The Kier molecular flexibility index (Phi) is 7.19. The number of ether oxygens (including phenoxy) is 1. The van der Waals surface area contributed by atoms with E-state index in [1.807, 2.05) is 28.4 Å². The van der Waals surface area contributed by atoms with Crippen LogP contribution in [0.5, 0.6) is 5.88 Å². The standard InChI is InChI=1S/C31H39N7O3/c1-19-29(34-26-15-22(16-28(41-4)38(19)26)31(40)36-13-5-6-23(32)18-36)25-14-21-9-10-24(11-12-27(39)35(2)3)33-30(21)37(25)17-20-7-8-20/h9-10,14-16,20,23H,5-8,11-13,17-18,32H2,1-4H3/t23-/m1/s1. The van der Waals surface area contributed by atoms with Crippen molar-refractivity contribution in [3.8, 4) is 17.3 Å². The Morgan fingerprint density at radius 2 is 1.93 bits per heavy atom. The third kappa shape index (κ3) is 5.28. The zero-order chi connectivity index (χ0) is 28.8. The summed E-state index contributed by atoms with van der Waals surface area (Å²) in [6.07, 6.45) is 5.29. The van der Waals surface area contributed by atoms with E-state index in [1.165, 1.54) is 12.8 Å². The fourth-order valence-electron chi connectivity index (χ4n) is 5.87. The minimum absolute atomic E-state index is 0.00887. The first-order valence-corrected chi connectivity index (χ1v) is 14.5. The fourth-order valence-corrected chi connectivity index (χ4v) is 5.87. The van der Waals surface area contributed by atoms with E-state index in [2.05, 4.69) is 16.7 Å². The number of carbonyl (C=O) groups excluding carboxylic acids is 2. The van der Waals surface area contributed by atoms with E-state index in [0.717, 1.165) is 53.2 Å². The number of fused-ring (bicyclic) bond motifs is 2. The maximum Gasteiger partial charge on any atom is 0.254 e. The van der Waals surface area contributed by atoms with Crippen molar-refractivity contribution < 1.29 is 14.3 Å². The van der Waals surface area contributed by atoms with E-state index >= 15 is 0 Å². The molecule has 2 aliphatic rings. The number of aryl methyl sites for hydroxylation is 2. The highest BCUT2D eigenvalue weighted by Crippen LogP contribution is 2.37. The highest BCUT2D eigenvalue weighted by atomic mass is 16.5. The van der Waals surface area contributed by atoms with Crippen molar-refractivity contribution in [2.24, 2.45) is 11.7 Å². The number of hydrogen-bond acceptors (Lipinski definition) is 6. The Labute approximate surface area is 240 Å². The van der Waals surface area contributed by atoms with Gasteiger partial charge in [0.1, 0.15) is 17.0 Å². The number of nitrogens with two attached hydrogens (primary N) is 1. The molecule has 1 aliphatic heterocycles. The number of carbonyl (C=O) groups is 2. The maximum atomic E-state index is 13.4. The molecule has 0 unspecified atom stereocenters. The molecule has 2 fully saturated rings. The minimum Gasteiger partial charge on any atom is -0.482 e. The lowest BCUT2D eigenvalue weighted by molar-refractivity contribution is -0.128. The first-order valence-electron chi connectivity index (χ1n) is 14.5. The van der Waals surface area contributed by atoms with Crippen molar-refractivity contribution in [3.05, 3.63) is 47.3 Å². The van der Waals surface area contributed by atoms with Gasteiger partial charge in [-0.25, -0.2) is 9.97 Å². The van der Waals surface area contributed by atoms with Gasteiger partial charge in [-0.2, -0.15) is 0 Å². The molecule has 0 aromatic carbocycles. The van der Waals surface area contributed by atoms with Crippen molar-refractivity contribution in [2.45, 2.75) is 58.0 Å². The number of rotatable bonds is 8. The first kappa shape index (κ1) is 27.3. The van der Waals surface area contributed by atoms with Crippen LogP contribution in [0.15, 0.2) is 30.3 Å². The van der Waals surface area contributed by atoms with Gasteiger partial charge in [0.15, 0.2) is 5.88 Å². The van der Waals surface area contributed by atoms with Gasteiger partial charge < -0.3 is 24.8 Å². The first-order chi connectivity index (χ1) is 19.7. The van der Waals surface area contributed by atoms with Crippen LogP contribution in [0.1, 0.15) is 53.8 Å². The molecule has 10 heteroatoms. The molecule has 216 valence electrons. The number of hydrogen-bond donors (Lipinski definition) is 1. The Morgan fingerprint density at radius 1 is 1.12 bits per heavy atom. The summed E-state index contributed by atoms with van der Waals surface area (Å²) in [5.74, 6) is 1.24. The summed E-state index contributed by atoms with van der Waals surface area (Å²) >= 11 is 0. The van der Waals surface area contributed by atoms with E-state index in [0.29, 0.717) is 48.9 Å². The number of nitrogens with zero attached hydrogens (tertiary/aromatic N) is 6. The SMILES string of the molecule is COc1cc(C(=O)N2CCC[C@@H](N)C2)cc2nc(-c3cc4ccc(CCC(=O)N(C)C)nc4n3CC3CC3)c(C)n12. The van der Waals surface area contributed by atoms with E-state index in [9.17, 15) is 9.59 Å². The summed E-state index contributed by atoms with van der Waals surface area (Å²) < 4.78 is 10.0. The third-order valence-electron chi connectivity index (χ3n) is 8.39. The van der Waals surface area contributed by atoms with Crippen molar-refractivity contribution in [3.63, 3.8) is 0 Å². The monoisotopic (exact) mass is 557 g/mol. The zero-order valence-electron chi connectivity index (χ0n) is 24.4. The average Bonchev–Trinajstić information content (AvgIpc) is 3.64. The Balaban J connectivity index is 1.41. The van der Waals surface area contributed by atoms with Gasteiger partial charge in [-0.1, -0.05) is 0 Å². The largest absolute Gasteiger partial charge is 0.482 e. The lowest BCUT2D eigenvalue weighted by Crippen LogP contribution is -2.45. The quantitative estimate of drug-likeness (QED) is 0.354. The highest BCUT2D eigenvalue weighted by Gasteiger charge is 2.28. The van der Waals surface area contributed by atoms with Crippen LogP contribution in [-0.4, -0.2) is 80.9 Å². The van der Waals surface area contributed by atoms with Crippen molar-refractivity contribution in [2.75, 3.05) is 34.3 Å². The minimum atomic E-state index is -0.0459. The van der Waals surface area contributed by atoms with Crippen molar-refractivity contribution in [1.29, 1.82) is 0 Å². The molecular formula is C31H39N7O3. The van der Waals surface area contributed by atoms with E-state index < -0.39 is 0 Å². The molecule has 10 nitrogen and oxygen atoms in total. The van der Waals surface area contributed by atoms with Crippen LogP contribution >= 0.6 is 0 Å². The molecule has 4 aromatic heterocycles. The van der Waals surface area contributed by atoms with Gasteiger partial charge in [-0.15, -0.1) is 0 Å². The molecule has 2 amide bonds. The predicted octanol–water partition coefficient (Wildman–Crippen LogP) is 3.66. The fraction of sp³-hybridized carbons (Fsp3) is 0.484. The number of amides is 2. The Hall–Kier alpha value is -3.92. The van der Waals surface area contributed by atoms with E-state index in [-0.39, 0.29) is 17.9 Å². The molecule has 4 aromatic rings. The van der Waals surface area contributed by atoms with Crippen LogP contribution in [0.25, 0.3) is 28.1 Å². The van der Waals surface area contributed by atoms with Gasteiger partial charge in [0.2, 0.25) is 5.91 Å². The van der Waals surface area contributed by atoms with Crippen LogP contribution < -0.4 is 10.5 Å². The van der Waals surface area contributed by atoms with E-state index in [4.69, 9.17) is 20.4 Å². The van der Waals surface area contributed by atoms with Crippen LogP contribution in [0.3, 0.4) is 0 Å². The molecule has 1 atom stereocenters. The molecule has 41 heavy (non-hydrogen) atoms. The zero-order valence-corrected chi connectivity index (χ0v) is 24.4. The smallest absolute Gasteiger partial charge is 0.254 e. The lowest BCUT2D eigenvalue weighted by Gasteiger charge is -2.30. The molecule has 1 saturated heterocycles. The summed E-state index contributed by atoms with van der Waals surface area (Å²) in [5, 5.41) is 1.05. The number of methoxy groups -OCH3 is 1. The number of likely N-dealkylation sites (tertiary alicyclic amines) is 1. The summed E-state index contributed by atoms with van der Waals surface area (Å²) in [7, 11) is 5.18.